The molecule has 0 spiro atoms. The average molecular weight is 412 g/mol. The summed E-state index contributed by atoms with van der Waals surface area (Å²) in [6.07, 6.45) is 3.49. The molecule has 0 aliphatic heterocycles. The summed E-state index contributed by atoms with van der Waals surface area (Å²) in [5.74, 6) is 0. The molecule has 0 unspecified atom stereocenters. The maximum atomic E-state index is 12.3. The lowest BCUT2D eigenvalue weighted by molar-refractivity contribution is 0.282. The summed E-state index contributed by atoms with van der Waals surface area (Å²) in [5, 5.41) is 9.18. The van der Waals surface area contributed by atoms with Gasteiger partial charge in [0.15, 0.2) is 15.5 Å². The Labute approximate surface area is 172 Å². The molecule has 0 aliphatic rings. The second-order valence-electron chi connectivity index (χ2n) is 7.09. The van der Waals surface area contributed by atoms with Gasteiger partial charge in [-0.1, -0.05) is 36.4 Å². The summed E-state index contributed by atoms with van der Waals surface area (Å²) in [7, 11) is -3.32. The first kappa shape index (κ1) is 19.3. The Hall–Kier alpha value is -3.03. The van der Waals surface area contributed by atoms with Crippen molar-refractivity contribution in [2.75, 3.05) is 0 Å². The van der Waals surface area contributed by atoms with Gasteiger partial charge in [-0.25, -0.2) is 18.4 Å². The molecule has 152 valence electrons. The van der Waals surface area contributed by atoms with E-state index in [0.29, 0.717) is 21.8 Å². The summed E-state index contributed by atoms with van der Waals surface area (Å²) >= 11 is 0. The van der Waals surface area contributed by atoms with Gasteiger partial charge >= 0.3 is 0 Å². The third-order valence-electron chi connectivity index (χ3n) is 4.96. The van der Waals surface area contributed by atoms with E-state index in [1.165, 1.54) is 0 Å². The van der Waals surface area contributed by atoms with E-state index in [9.17, 15) is 13.5 Å². The number of rotatable bonds is 5. The van der Waals surface area contributed by atoms with Crippen LogP contribution >= 0.6 is 0 Å². The highest BCUT2D eigenvalue weighted by Gasteiger charge is 2.19. The average Bonchev–Trinajstić information content (AvgIpc) is 3.16. The maximum Gasteiger partial charge on any atom is 0.180 e. The zero-order chi connectivity index (χ0) is 20.6. The van der Waals surface area contributed by atoms with E-state index < -0.39 is 15.1 Å². The highest BCUT2D eigenvalue weighted by atomic mass is 32.2. The van der Waals surface area contributed by atoms with Gasteiger partial charge in [-0.2, -0.15) is 0 Å². The zero-order valence-corrected chi connectivity index (χ0v) is 16.9. The Morgan fingerprint density at radius 2 is 1.79 bits per heavy atom. The fraction of sp³-hybridized carbons (Fsp3) is 0.182. The van der Waals surface area contributed by atoms with Crippen LogP contribution in [0.3, 0.4) is 0 Å². The van der Waals surface area contributed by atoms with Crippen molar-refractivity contribution in [2.24, 2.45) is 0 Å². The zero-order valence-electron chi connectivity index (χ0n) is 16.1. The smallest absolute Gasteiger partial charge is 0.180 e. The third kappa shape index (κ3) is 3.43. The third-order valence-corrected chi connectivity index (χ3v) is 7.13. The van der Waals surface area contributed by atoms with E-state index in [4.69, 9.17) is 4.98 Å². The molecule has 6 nitrogen and oxygen atoms in total. The maximum absolute atomic E-state index is 12.3. The molecule has 7 heteroatoms. The van der Waals surface area contributed by atoms with Crippen LogP contribution in [0, 0.1) is 0 Å². The van der Waals surface area contributed by atoms with Crippen molar-refractivity contribution >= 4 is 21.0 Å². The van der Waals surface area contributed by atoms with Crippen LogP contribution in [0.2, 0.25) is 0 Å². The van der Waals surface area contributed by atoms with E-state index in [0.717, 1.165) is 22.3 Å². The largest absolute Gasteiger partial charge is 0.392 e. The Balaban J connectivity index is 0.00000171. The van der Waals surface area contributed by atoms with Crippen molar-refractivity contribution in [3.8, 4) is 22.4 Å². The number of benzene rings is 2. The van der Waals surface area contributed by atoms with E-state index in [1.807, 2.05) is 30.5 Å². The van der Waals surface area contributed by atoms with Crippen LogP contribution in [-0.4, -0.2) is 33.7 Å². The van der Waals surface area contributed by atoms with Gasteiger partial charge in [0.2, 0.25) is 0 Å². The van der Waals surface area contributed by atoms with E-state index in [2.05, 4.69) is 9.97 Å². The molecule has 2 aromatic heterocycles. The molecular formula is C22H25N3O3S. The summed E-state index contributed by atoms with van der Waals surface area (Å²) in [5.41, 5.74) is 5.34. The topological polar surface area (TPSA) is 95.9 Å². The number of aromatic nitrogens is 3. The van der Waals surface area contributed by atoms with Crippen LogP contribution in [0.5, 0.6) is 0 Å². The quantitative estimate of drug-likeness (QED) is 0.505. The normalized spacial score (nSPS) is 12.0. The number of aliphatic hydroxyl groups excluding tert-OH is 1. The summed E-state index contributed by atoms with van der Waals surface area (Å²) < 4.78 is 24.7. The molecule has 0 saturated heterocycles. The summed E-state index contributed by atoms with van der Waals surface area (Å²) in [6.45, 7) is 3.27. The van der Waals surface area contributed by atoms with Gasteiger partial charge in [0.1, 0.15) is 5.52 Å². The van der Waals surface area contributed by atoms with Gasteiger partial charge in [0.25, 0.3) is 0 Å². The molecule has 0 radical (unpaired) electrons. The number of H-pyrrole nitrogens is 1. The van der Waals surface area contributed by atoms with Crippen LogP contribution in [0.25, 0.3) is 33.5 Å². The van der Waals surface area contributed by atoms with Gasteiger partial charge in [-0.05, 0) is 37.1 Å². The van der Waals surface area contributed by atoms with E-state index in [-0.39, 0.29) is 9.46 Å². The molecule has 4 rings (SSSR count). The second kappa shape index (κ2) is 7.42. The lowest BCUT2D eigenvalue weighted by atomic mass is 10.0. The number of sulfone groups is 1. The molecule has 2 N–H and O–H groups in total. The first-order chi connectivity index (χ1) is 13.9. The minimum absolute atomic E-state index is 0. The second-order valence-corrected chi connectivity index (χ2v) is 9.59. The molecule has 2 heterocycles. The van der Waals surface area contributed by atoms with Crippen molar-refractivity contribution in [2.45, 2.75) is 30.6 Å². The fourth-order valence-electron chi connectivity index (χ4n) is 3.24. The molecule has 2 aromatic carbocycles. The fourth-order valence-corrected chi connectivity index (χ4v) is 4.30. The Kier molecular flexibility index (Phi) is 4.94. The first-order valence-corrected chi connectivity index (χ1v) is 10.8. The minimum atomic E-state index is -3.32. The lowest BCUT2D eigenvalue weighted by Crippen LogP contribution is -2.13. The minimum Gasteiger partial charge on any atom is -0.392 e. The molecule has 0 atom stereocenters. The van der Waals surface area contributed by atoms with E-state index >= 15 is 0 Å². The molecular weight excluding hydrogens is 386 g/mol. The van der Waals surface area contributed by atoms with Gasteiger partial charge in [0, 0.05) is 20.2 Å². The highest BCUT2D eigenvalue weighted by Crippen LogP contribution is 2.31. The number of aliphatic hydroxyl groups is 1. The van der Waals surface area contributed by atoms with Crippen molar-refractivity contribution < 1.29 is 16.4 Å². The monoisotopic (exact) mass is 411 g/mol. The Bertz CT molecular complexity index is 1290. The van der Waals surface area contributed by atoms with Gasteiger partial charge in [-0.15, -0.1) is 0 Å². The molecule has 0 saturated carbocycles. The lowest BCUT2D eigenvalue weighted by Gasteiger charge is -2.09. The van der Waals surface area contributed by atoms with Crippen LogP contribution < -0.4 is 0 Å². The SMILES string of the molecule is CC(C)S(=O)(=O)c1ccc(-c2cnc3[nH]cc(-c4ccccc4CO)c3n2)cc1.[HH].[HH]. The highest BCUT2D eigenvalue weighted by molar-refractivity contribution is 7.92. The van der Waals surface area contributed by atoms with Crippen LogP contribution in [0.4, 0.5) is 0 Å². The number of fused-ring (bicyclic) bond motifs is 1. The van der Waals surface area contributed by atoms with Crippen molar-refractivity contribution in [3.05, 3.63) is 66.5 Å². The Morgan fingerprint density at radius 1 is 1.07 bits per heavy atom. The molecule has 0 amide bonds. The molecule has 29 heavy (non-hydrogen) atoms. The number of hydrogen-bond acceptors (Lipinski definition) is 5. The summed E-state index contributed by atoms with van der Waals surface area (Å²) in [4.78, 5) is 12.6. The first-order valence-electron chi connectivity index (χ1n) is 9.29. The van der Waals surface area contributed by atoms with Crippen LogP contribution in [0.15, 0.2) is 65.8 Å². The molecule has 4 aromatic rings. The predicted octanol–water partition coefficient (Wildman–Crippen LogP) is 4.46. The summed E-state index contributed by atoms with van der Waals surface area (Å²) in [6, 6.07) is 14.3. The van der Waals surface area contributed by atoms with Gasteiger partial charge in [-0.3, -0.25) is 0 Å². The number of aromatic amines is 1. The van der Waals surface area contributed by atoms with Crippen LogP contribution in [0.1, 0.15) is 22.3 Å². The van der Waals surface area contributed by atoms with Crippen molar-refractivity contribution in [3.63, 3.8) is 0 Å². The van der Waals surface area contributed by atoms with E-state index in [1.54, 1.807) is 44.3 Å². The predicted molar refractivity (Wildman–Crippen MR) is 117 cm³/mol. The van der Waals surface area contributed by atoms with Gasteiger partial charge in [0.05, 0.1) is 28.6 Å². The molecule has 0 aliphatic carbocycles. The number of nitrogens with zero attached hydrogens (tertiary/aromatic N) is 2. The Morgan fingerprint density at radius 3 is 2.48 bits per heavy atom. The standard InChI is InChI=1S/C22H21N3O3S.2H2/c1-14(2)29(27,28)17-9-7-15(8-10-17)20-12-24-22-21(25-20)19(11-23-22)18-6-4-3-5-16(18)13-26;;/h3-12,14,26H,13H2,1-2H3,(H,23,24);2*1H. The van der Waals surface area contributed by atoms with Crippen molar-refractivity contribution in [1.82, 2.24) is 15.0 Å². The van der Waals surface area contributed by atoms with Gasteiger partial charge < -0.3 is 10.1 Å². The van der Waals surface area contributed by atoms with Crippen LogP contribution in [-0.2, 0) is 16.4 Å². The molecule has 0 fully saturated rings. The number of nitrogens with one attached hydrogen (secondary N) is 1. The molecule has 0 bridgehead atoms. The number of hydrogen-bond donors (Lipinski definition) is 2. The van der Waals surface area contributed by atoms with Crippen molar-refractivity contribution in [1.29, 1.82) is 0 Å².